The Hall–Kier alpha value is -3.17. The second-order valence-electron chi connectivity index (χ2n) is 6.33. The molecule has 1 heterocycles. The van der Waals surface area contributed by atoms with E-state index in [1.54, 1.807) is 36.4 Å². The first-order valence-electron chi connectivity index (χ1n) is 8.86. The van der Waals surface area contributed by atoms with Crippen molar-refractivity contribution in [2.45, 2.75) is 19.0 Å². The zero-order valence-electron chi connectivity index (χ0n) is 16.2. The Morgan fingerprint density at radius 2 is 1.90 bits per heavy atom. The number of aryl methyl sites for hydroxylation is 1. The van der Waals surface area contributed by atoms with Crippen molar-refractivity contribution in [2.24, 2.45) is 0 Å². The van der Waals surface area contributed by atoms with Crippen LogP contribution >= 0.6 is 23.4 Å². The van der Waals surface area contributed by atoms with E-state index in [-0.39, 0.29) is 28.4 Å². The third-order valence-electron chi connectivity index (χ3n) is 3.95. The average molecular weight is 444 g/mol. The summed E-state index contributed by atoms with van der Waals surface area (Å²) in [6.07, 6.45) is 0. The van der Waals surface area contributed by atoms with Crippen LogP contribution in [0.4, 0.5) is 11.4 Å². The number of amides is 2. The maximum absolute atomic E-state index is 12.6. The van der Waals surface area contributed by atoms with Crippen LogP contribution in [-0.4, -0.2) is 32.7 Å². The zero-order valence-corrected chi connectivity index (χ0v) is 17.7. The first-order chi connectivity index (χ1) is 14.3. The molecule has 30 heavy (non-hydrogen) atoms. The van der Waals surface area contributed by atoms with Crippen LogP contribution < -0.4 is 16.2 Å². The smallest absolute Gasteiger partial charge is 0.278 e. The minimum atomic E-state index is -0.472. The number of para-hydroxylation sites is 1. The lowest BCUT2D eigenvalue weighted by molar-refractivity contribution is -0.114. The molecular formula is C20H18ClN5O3S. The minimum Gasteiger partial charge on any atom is -0.325 e. The fourth-order valence-corrected chi connectivity index (χ4v) is 3.46. The molecule has 0 saturated carbocycles. The van der Waals surface area contributed by atoms with Gasteiger partial charge in [-0.1, -0.05) is 47.6 Å². The number of hydrogen-bond donors (Lipinski definition) is 3. The SMILES string of the molecule is CC(=O)Nc1c(C)cccc1-c1nnc(SCC(=O)Nc2cccc(Cl)c2)[nH]c1=O. The van der Waals surface area contributed by atoms with E-state index < -0.39 is 5.56 Å². The number of benzene rings is 2. The van der Waals surface area contributed by atoms with Gasteiger partial charge in [-0.3, -0.25) is 19.4 Å². The molecule has 0 spiro atoms. The number of aromatic amines is 1. The van der Waals surface area contributed by atoms with Gasteiger partial charge in [0.2, 0.25) is 11.8 Å². The molecule has 10 heteroatoms. The van der Waals surface area contributed by atoms with Crippen LogP contribution in [0.2, 0.25) is 5.02 Å². The highest BCUT2D eigenvalue weighted by atomic mass is 35.5. The van der Waals surface area contributed by atoms with Crippen molar-refractivity contribution in [3.63, 3.8) is 0 Å². The van der Waals surface area contributed by atoms with Crippen LogP contribution in [-0.2, 0) is 9.59 Å². The number of carbonyl (C=O) groups excluding carboxylic acids is 2. The van der Waals surface area contributed by atoms with Crippen LogP contribution in [0.3, 0.4) is 0 Å². The second kappa shape index (κ2) is 9.55. The normalized spacial score (nSPS) is 10.5. The van der Waals surface area contributed by atoms with Crippen molar-refractivity contribution in [3.8, 4) is 11.3 Å². The number of thioether (sulfide) groups is 1. The molecule has 2 aromatic carbocycles. The molecular weight excluding hydrogens is 426 g/mol. The van der Waals surface area contributed by atoms with Gasteiger partial charge in [-0.25, -0.2) is 0 Å². The summed E-state index contributed by atoms with van der Waals surface area (Å²) in [6, 6.07) is 12.1. The van der Waals surface area contributed by atoms with Crippen LogP contribution in [0.5, 0.6) is 0 Å². The lowest BCUT2D eigenvalue weighted by atomic mass is 10.1. The Kier molecular flexibility index (Phi) is 6.86. The van der Waals surface area contributed by atoms with E-state index >= 15 is 0 Å². The lowest BCUT2D eigenvalue weighted by Crippen LogP contribution is -2.18. The van der Waals surface area contributed by atoms with Crippen molar-refractivity contribution < 1.29 is 9.59 Å². The van der Waals surface area contributed by atoms with Gasteiger partial charge in [-0.05, 0) is 30.7 Å². The molecule has 0 fully saturated rings. The molecule has 154 valence electrons. The number of nitrogens with one attached hydrogen (secondary N) is 3. The summed E-state index contributed by atoms with van der Waals surface area (Å²) in [6.45, 7) is 3.21. The van der Waals surface area contributed by atoms with Gasteiger partial charge in [0, 0.05) is 23.2 Å². The summed E-state index contributed by atoms with van der Waals surface area (Å²) in [5, 5.41) is 14.2. The number of anilines is 2. The maximum atomic E-state index is 12.6. The summed E-state index contributed by atoms with van der Waals surface area (Å²) in [4.78, 5) is 38.8. The van der Waals surface area contributed by atoms with Gasteiger partial charge in [0.15, 0.2) is 10.9 Å². The molecule has 8 nitrogen and oxygen atoms in total. The van der Waals surface area contributed by atoms with Crippen molar-refractivity contribution in [1.82, 2.24) is 15.2 Å². The van der Waals surface area contributed by atoms with E-state index in [1.165, 1.54) is 6.92 Å². The minimum absolute atomic E-state index is 0.0259. The van der Waals surface area contributed by atoms with E-state index in [1.807, 2.05) is 13.0 Å². The highest BCUT2D eigenvalue weighted by molar-refractivity contribution is 7.99. The molecule has 0 aliphatic rings. The largest absolute Gasteiger partial charge is 0.325 e. The third kappa shape index (κ3) is 5.46. The monoisotopic (exact) mass is 443 g/mol. The molecule has 2 amide bonds. The number of hydrogen-bond acceptors (Lipinski definition) is 6. The predicted molar refractivity (Wildman–Crippen MR) is 118 cm³/mol. The molecule has 0 radical (unpaired) electrons. The topological polar surface area (TPSA) is 117 Å². The van der Waals surface area contributed by atoms with E-state index in [9.17, 15) is 14.4 Å². The van der Waals surface area contributed by atoms with Crippen molar-refractivity contribution in [1.29, 1.82) is 0 Å². The Morgan fingerprint density at radius 3 is 2.60 bits per heavy atom. The number of nitrogens with zero attached hydrogens (tertiary/aromatic N) is 2. The molecule has 3 rings (SSSR count). The predicted octanol–water partition coefficient (Wildman–Crippen LogP) is 3.48. The summed E-state index contributed by atoms with van der Waals surface area (Å²) < 4.78 is 0. The summed E-state index contributed by atoms with van der Waals surface area (Å²) in [7, 11) is 0. The van der Waals surface area contributed by atoms with Crippen LogP contribution in [0.25, 0.3) is 11.3 Å². The van der Waals surface area contributed by atoms with Crippen molar-refractivity contribution >= 4 is 46.6 Å². The van der Waals surface area contributed by atoms with Crippen LogP contribution in [0, 0.1) is 6.92 Å². The number of carbonyl (C=O) groups is 2. The highest BCUT2D eigenvalue weighted by Gasteiger charge is 2.15. The molecule has 3 N–H and O–H groups in total. The van der Waals surface area contributed by atoms with E-state index in [0.29, 0.717) is 22.0 Å². The van der Waals surface area contributed by atoms with E-state index in [4.69, 9.17) is 11.6 Å². The molecule has 0 atom stereocenters. The van der Waals surface area contributed by atoms with Gasteiger partial charge in [0.25, 0.3) is 5.56 Å². The Labute approximate surface area is 181 Å². The number of halogens is 1. The Morgan fingerprint density at radius 1 is 1.13 bits per heavy atom. The van der Waals surface area contributed by atoms with E-state index in [0.717, 1.165) is 17.3 Å². The molecule has 1 aromatic heterocycles. The number of aromatic nitrogens is 3. The zero-order chi connectivity index (χ0) is 21.7. The summed E-state index contributed by atoms with van der Waals surface area (Å²) in [5.74, 6) is -0.508. The molecule has 0 aliphatic heterocycles. The number of rotatable bonds is 6. The van der Waals surface area contributed by atoms with Crippen molar-refractivity contribution in [3.05, 3.63) is 63.4 Å². The van der Waals surface area contributed by atoms with Crippen molar-refractivity contribution in [2.75, 3.05) is 16.4 Å². The first kappa shape index (κ1) is 21.5. The summed E-state index contributed by atoms with van der Waals surface area (Å²) in [5.41, 5.74) is 1.95. The fourth-order valence-electron chi connectivity index (χ4n) is 2.67. The second-order valence-corrected chi connectivity index (χ2v) is 7.73. The van der Waals surface area contributed by atoms with Gasteiger partial charge < -0.3 is 10.6 Å². The van der Waals surface area contributed by atoms with Gasteiger partial charge in [-0.2, -0.15) is 0 Å². The highest BCUT2D eigenvalue weighted by Crippen LogP contribution is 2.27. The quantitative estimate of drug-likeness (QED) is 0.502. The van der Waals surface area contributed by atoms with Crippen LogP contribution in [0.1, 0.15) is 12.5 Å². The molecule has 0 bridgehead atoms. The lowest BCUT2D eigenvalue weighted by Gasteiger charge is -2.11. The molecule has 0 unspecified atom stereocenters. The molecule has 0 aliphatic carbocycles. The summed E-state index contributed by atoms with van der Waals surface area (Å²) >= 11 is 6.94. The van der Waals surface area contributed by atoms with Crippen LogP contribution in [0.15, 0.2) is 52.4 Å². The number of H-pyrrole nitrogens is 1. The average Bonchev–Trinajstić information content (AvgIpc) is 2.68. The van der Waals surface area contributed by atoms with Gasteiger partial charge in [0.1, 0.15) is 0 Å². The Bertz CT molecular complexity index is 1170. The van der Waals surface area contributed by atoms with Gasteiger partial charge >= 0.3 is 0 Å². The standard InChI is InChI=1S/C20H18ClN5O3S/c1-11-5-3-8-15(17(11)22-12(2)27)18-19(29)24-20(26-25-18)30-10-16(28)23-14-7-4-6-13(21)9-14/h3-9H,10H2,1-2H3,(H,22,27)(H,23,28)(H,24,26,29). The first-order valence-corrected chi connectivity index (χ1v) is 10.2. The molecule has 3 aromatic rings. The van der Waals surface area contributed by atoms with Gasteiger partial charge in [-0.15, -0.1) is 10.2 Å². The van der Waals surface area contributed by atoms with E-state index in [2.05, 4.69) is 25.8 Å². The molecule has 0 saturated heterocycles. The third-order valence-corrected chi connectivity index (χ3v) is 5.05. The van der Waals surface area contributed by atoms with Gasteiger partial charge in [0.05, 0.1) is 11.4 Å². The maximum Gasteiger partial charge on any atom is 0.278 e. The fraction of sp³-hybridized carbons (Fsp3) is 0.150. The Balaban J connectivity index is 1.73.